The molecule has 0 aromatic carbocycles. The molecule has 1 saturated heterocycles. The number of aliphatic hydroxyl groups is 3. The maximum Gasteiger partial charge on any atom is 0.200 e. The summed E-state index contributed by atoms with van der Waals surface area (Å²) in [6.07, 6.45) is -1.29. The van der Waals surface area contributed by atoms with Gasteiger partial charge in [-0.15, -0.1) is 10.2 Å². The Morgan fingerprint density at radius 1 is 1.37 bits per heavy atom. The molecule has 3 heterocycles. The molecular weight excluding hydrogens is 256 g/mol. The van der Waals surface area contributed by atoms with Crippen molar-refractivity contribution in [3.8, 4) is 11.5 Å². The number of aromatic nitrogens is 6. The summed E-state index contributed by atoms with van der Waals surface area (Å²) in [5, 5.41) is 42.4. The fraction of sp³-hybridized carbons (Fsp3) is 0.556. The molecule has 0 spiro atoms. The number of hydrogen-bond acceptors (Lipinski definition) is 8. The molecule has 1 aliphatic rings. The summed E-state index contributed by atoms with van der Waals surface area (Å²) in [6, 6.07) is 0. The fourth-order valence-corrected chi connectivity index (χ4v) is 1.93. The predicted octanol–water partition coefficient (Wildman–Crippen LogP) is -2.33. The van der Waals surface area contributed by atoms with Gasteiger partial charge in [0.05, 0.1) is 12.8 Å². The van der Waals surface area contributed by atoms with Crippen LogP contribution < -0.4 is 0 Å². The van der Waals surface area contributed by atoms with Gasteiger partial charge in [0.15, 0.2) is 6.23 Å². The second-order valence-corrected chi connectivity index (χ2v) is 4.15. The molecule has 0 bridgehead atoms. The number of aromatic amines is 1. The molecule has 4 N–H and O–H groups in total. The van der Waals surface area contributed by atoms with Gasteiger partial charge in [-0.1, -0.05) is 5.21 Å². The van der Waals surface area contributed by atoms with E-state index in [2.05, 4.69) is 25.5 Å². The Morgan fingerprint density at radius 3 is 2.84 bits per heavy atom. The molecule has 10 nitrogen and oxygen atoms in total. The first kappa shape index (κ1) is 12.2. The Bertz CT molecular complexity index is 543. The molecule has 1 fully saturated rings. The Balaban J connectivity index is 1.84. The highest BCUT2D eigenvalue weighted by Gasteiger charge is 2.43. The van der Waals surface area contributed by atoms with Gasteiger partial charge in [0, 0.05) is 0 Å². The summed E-state index contributed by atoms with van der Waals surface area (Å²) in [6.45, 7) is -0.388. The zero-order chi connectivity index (χ0) is 13.4. The molecular formula is C9H12N6O4. The van der Waals surface area contributed by atoms with Gasteiger partial charge in [-0.2, -0.15) is 0 Å². The lowest BCUT2D eigenvalue weighted by Gasteiger charge is -2.13. The first-order valence-corrected chi connectivity index (χ1v) is 5.60. The summed E-state index contributed by atoms with van der Waals surface area (Å²) >= 11 is 0. The first-order valence-electron chi connectivity index (χ1n) is 5.60. The minimum Gasteiger partial charge on any atom is -0.394 e. The topological polar surface area (TPSA) is 142 Å². The number of ether oxygens (including phenoxy) is 1. The zero-order valence-corrected chi connectivity index (χ0v) is 9.66. The van der Waals surface area contributed by atoms with Crippen LogP contribution in [0.25, 0.3) is 11.5 Å². The SMILES string of the molecule is OC[C@H]1O[C@@H](n2cnc(-c3cnn[nH]3)n2)C(O)C1O. The van der Waals surface area contributed by atoms with Crippen LogP contribution >= 0.6 is 0 Å². The maximum absolute atomic E-state index is 9.85. The van der Waals surface area contributed by atoms with E-state index in [0.717, 1.165) is 0 Å². The van der Waals surface area contributed by atoms with Crippen molar-refractivity contribution < 1.29 is 20.1 Å². The van der Waals surface area contributed by atoms with Gasteiger partial charge in [-0.25, -0.2) is 9.67 Å². The summed E-state index contributed by atoms with van der Waals surface area (Å²) < 4.78 is 6.60. The van der Waals surface area contributed by atoms with Crippen molar-refractivity contribution in [1.29, 1.82) is 0 Å². The molecule has 1 aliphatic heterocycles. The van der Waals surface area contributed by atoms with Crippen molar-refractivity contribution in [2.75, 3.05) is 6.61 Å². The summed E-state index contributed by atoms with van der Waals surface area (Å²) in [4.78, 5) is 4.02. The molecule has 0 saturated carbocycles. The highest BCUT2D eigenvalue weighted by molar-refractivity contribution is 5.44. The number of nitrogens with zero attached hydrogens (tertiary/aromatic N) is 5. The standard InChI is InChI=1S/C9H12N6O4/c16-2-5-6(17)7(18)9(19-5)15-3-10-8(13-15)4-1-11-14-12-4/h1,3,5-7,9,16-18H,2H2,(H,11,12,14)/t5-,6?,7?,9-/m1/s1. The third kappa shape index (κ3) is 2.00. The van der Waals surface area contributed by atoms with Gasteiger partial charge in [0.2, 0.25) is 5.82 Å². The quantitative estimate of drug-likeness (QED) is 0.485. The average Bonchev–Trinajstić information content (AvgIpc) is 3.12. The highest BCUT2D eigenvalue weighted by Crippen LogP contribution is 2.28. The van der Waals surface area contributed by atoms with Crippen LogP contribution in [-0.4, -0.2) is 70.4 Å². The number of H-pyrrole nitrogens is 1. The molecule has 102 valence electrons. The van der Waals surface area contributed by atoms with Gasteiger partial charge in [-0.3, -0.25) is 5.10 Å². The lowest BCUT2D eigenvalue weighted by Crippen LogP contribution is -2.33. The zero-order valence-electron chi connectivity index (χ0n) is 9.66. The monoisotopic (exact) mass is 268 g/mol. The van der Waals surface area contributed by atoms with Gasteiger partial charge in [-0.05, 0) is 0 Å². The van der Waals surface area contributed by atoms with E-state index in [0.29, 0.717) is 11.5 Å². The molecule has 19 heavy (non-hydrogen) atoms. The lowest BCUT2D eigenvalue weighted by molar-refractivity contribution is -0.0587. The largest absolute Gasteiger partial charge is 0.394 e. The number of hydrogen-bond donors (Lipinski definition) is 4. The van der Waals surface area contributed by atoms with E-state index in [1.807, 2.05) is 0 Å². The third-order valence-electron chi connectivity index (χ3n) is 2.94. The van der Waals surface area contributed by atoms with Crippen LogP contribution in [0.2, 0.25) is 0 Å². The molecule has 0 radical (unpaired) electrons. The van der Waals surface area contributed by atoms with Crippen molar-refractivity contribution >= 4 is 0 Å². The minimum absolute atomic E-state index is 0.336. The van der Waals surface area contributed by atoms with Gasteiger partial charge in [0.1, 0.15) is 30.3 Å². The van der Waals surface area contributed by atoms with Crippen LogP contribution in [0, 0.1) is 0 Å². The molecule has 2 aromatic heterocycles. The van der Waals surface area contributed by atoms with E-state index in [1.54, 1.807) is 0 Å². The van der Waals surface area contributed by atoms with Crippen molar-refractivity contribution in [2.24, 2.45) is 0 Å². The second kappa shape index (κ2) is 4.66. The Labute approximate surface area is 106 Å². The van der Waals surface area contributed by atoms with Crippen LogP contribution in [0.3, 0.4) is 0 Å². The van der Waals surface area contributed by atoms with Crippen molar-refractivity contribution in [1.82, 2.24) is 30.2 Å². The Morgan fingerprint density at radius 2 is 2.21 bits per heavy atom. The van der Waals surface area contributed by atoms with Gasteiger partial charge >= 0.3 is 0 Å². The second-order valence-electron chi connectivity index (χ2n) is 4.15. The van der Waals surface area contributed by atoms with E-state index in [1.165, 1.54) is 17.2 Å². The van der Waals surface area contributed by atoms with E-state index < -0.39 is 24.5 Å². The molecule has 2 unspecified atom stereocenters. The number of aliphatic hydroxyl groups excluding tert-OH is 3. The summed E-state index contributed by atoms with van der Waals surface area (Å²) in [5.74, 6) is 0.336. The molecule has 4 atom stereocenters. The van der Waals surface area contributed by atoms with Crippen LogP contribution in [-0.2, 0) is 4.74 Å². The Kier molecular flexibility index (Phi) is 2.98. The van der Waals surface area contributed by atoms with E-state index in [4.69, 9.17) is 9.84 Å². The number of nitrogens with one attached hydrogen (secondary N) is 1. The third-order valence-corrected chi connectivity index (χ3v) is 2.94. The fourth-order valence-electron chi connectivity index (χ4n) is 1.93. The van der Waals surface area contributed by atoms with Crippen LogP contribution in [0.1, 0.15) is 6.23 Å². The van der Waals surface area contributed by atoms with Crippen LogP contribution in [0.4, 0.5) is 0 Å². The van der Waals surface area contributed by atoms with Crippen molar-refractivity contribution in [2.45, 2.75) is 24.5 Å². The number of rotatable bonds is 3. The normalized spacial score (nSPS) is 30.9. The van der Waals surface area contributed by atoms with E-state index in [9.17, 15) is 10.2 Å². The van der Waals surface area contributed by atoms with Crippen LogP contribution in [0.5, 0.6) is 0 Å². The lowest BCUT2D eigenvalue weighted by atomic mass is 10.1. The van der Waals surface area contributed by atoms with E-state index in [-0.39, 0.29) is 6.61 Å². The van der Waals surface area contributed by atoms with Crippen molar-refractivity contribution in [3.63, 3.8) is 0 Å². The molecule has 3 rings (SSSR count). The highest BCUT2D eigenvalue weighted by atomic mass is 16.6. The smallest absolute Gasteiger partial charge is 0.200 e. The predicted molar refractivity (Wildman–Crippen MR) is 58.4 cm³/mol. The van der Waals surface area contributed by atoms with Gasteiger partial charge in [0.25, 0.3) is 0 Å². The maximum atomic E-state index is 9.85. The minimum atomic E-state index is -1.19. The molecule has 2 aromatic rings. The van der Waals surface area contributed by atoms with Crippen molar-refractivity contribution in [3.05, 3.63) is 12.5 Å². The van der Waals surface area contributed by atoms with Crippen LogP contribution in [0.15, 0.2) is 12.5 Å². The average molecular weight is 268 g/mol. The summed E-state index contributed by atoms with van der Waals surface area (Å²) in [5.41, 5.74) is 0.519. The van der Waals surface area contributed by atoms with Gasteiger partial charge < -0.3 is 20.1 Å². The Hall–Kier alpha value is -1.88. The molecule has 0 aliphatic carbocycles. The molecule has 10 heteroatoms. The molecule has 0 amide bonds. The summed E-state index contributed by atoms with van der Waals surface area (Å²) in [7, 11) is 0. The van der Waals surface area contributed by atoms with E-state index >= 15 is 0 Å². The first-order chi connectivity index (χ1) is 9.20.